The zero-order chi connectivity index (χ0) is 20.8. The summed E-state index contributed by atoms with van der Waals surface area (Å²) in [5.41, 5.74) is 11.8. The van der Waals surface area contributed by atoms with Crippen molar-refractivity contribution in [2.45, 2.75) is 19.8 Å². The molecule has 0 bridgehead atoms. The summed E-state index contributed by atoms with van der Waals surface area (Å²) in [5, 5.41) is 4.39. The monoisotopic (exact) mass is 398 g/mol. The average Bonchev–Trinajstić information content (AvgIpc) is 3.35. The maximum absolute atomic E-state index is 13.1. The molecular formula is C24H22N4O2. The van der Waals surface area contributed by atoms with Gasteiger partial charge in [-0.05, 0) is 38.4 Å². The molecule has 0 radical (unpaired) electrons. The van der Waals surface area contributed by atoms with Crippen molar-refractivity contribution in [3.63, 3.8) is 0 Å². The molecule has 1 aliphatic heterocycles. The Labute approximate surface area is 173 Å². The lowest BCUT2D eigenvalue weighted by atomic mass is 9.92. The van der Waals surface area contributed by atoms with E-state index in [9.17, 15) is 9.59 Å². The Balaban J connectivity index is 1.86. The minimum absolute atomic E-state index is 0.363. The van der Waals surface area contributed by atoms with Crippen LogP contribution in [0.25, 0.3) is 33.0 Å². The van der Waals surface area contributed by atoms with Crippen molar-refractivity contribution in [2.24, 2.45) is 5.73 Å². The van der Waals surface area contributed by atoms with Crippen LogP contribution in [-0.4, -0.2) is 28.3 Å². The number of nitrogens with two attached hydrogens (primary N) is 1. The van der Waals surface area contributed by atoms with Crippen molar-refractivity contribution in [1.82, 2.24) is 15.3 Å². The number of fused-ring (bicyclic) bond motifs is 2. The van der Waals surface area contributed by atoms with Gasteiger partial charge in [-0.25, -0.2) is 0 Å². The summed E-state index contributed by atoms with van der Waals surface area (Å²) in [6.45, 7) is 2.48. The molecule has 0 aliphatic carbocycles. The van der Waals surface area contributed by atoms with Gasteiger partial charge < -0.3 is 15.7 Å². The molecule has 5 N–H and O–H groups in total. The number of benzene rings is 2. The zero-order valence-electron chi connectivity index (χ0n) is 16.6. The summed E-state index contributed by atoms with van der Waals surface area (Å²) in [7, 11) is 0. The number of nitrogens with one attached hydrogen (secondary N) is 3. The van der Waals surface area contributed by atoms with Crippen LogP contribution >= 0.6 is 0 Å². The number of aromatic nitrogens is 2. The molecule has 6 nitrogen and oxygen atoms in total. The van der Waals surface area contributed by atoms with Crippen LogP contribution in [0.2, 0.25) is 0 Å². The van der Waals surface area contributed by atoms with E-state index in [4.69, 9.17) is 5.73 Å². The van der Waals surface area contributed by atoms with Gasteiger partial charge in [0, 0.05) is 44.3 Å². The van der Waals surface area contributed by atoms with Gasteiger partial charge in [-0.2, -0.15) is 0 Å². The van der Waals surface area contributed by atoms with E-state index in [1.165, 1.54) is 0 Å². The highest BCUT2D eigenvalue weighted by Crippen LogP contribution is 2.40. The molecule has 6 heteroatoms. The van der Waals surface area contributed by atoms with E-state index in [2.05, 4.69) is 15.3 Å². The highest BCUT2D eigenvalue weighted by atomic mass is 16.2. The van der Waals surface area contributed by atoms with Gasteiger partial charge in [0.1, 0.15) is 0 Å². The lowest BCUT2D eigenvalue weighted by molar-refractivity contribution is -0.122. The van der Waals surface area contributed by atoms with Gasteiger partial charge in [-0.1, -0.05) is 36.4 Å². The van der Waals surface area contributed by atoms with Crippen LogP contribution in [0.1, 0.15) is 28.9 Å². The van der Waals surface area contributed by atoms with Gasteiger partial charge in [-0.15, -0.1) is 0 Å². The number of imide groups is 1. The van der Waals surface area contributed by atoms with Crippen LogP contribution in [0.3, 0.4) is 0 Å². The number of para-hydroxylation sites is 2. The molecule has 0 saturated carbocycles. The maximum atomic E-state index is 13.1. The molecule has 0 unspecified atom stereocenters. The SMILES string of the molecule is Cc1[nH]c2ccccc2c1C1=C(c2c(CCCN)[nH]c3ccccc23)C(=O)NC1=O. The molecule has 150 valence electrons. The van der Waals surface area contributed by atoms with Crippen LogP contribution in [0.5, 0.6) is 0 Å². The van der Waals surface area contributed by atoms with Gasteiger partial charge in [0.25, 0.3) is 11.8 Å². The molecule has 0 saturated heterocycles. The molecular weight excluding hydrogens is 376 g/mol. The highest BCUT2D eigenvalue weighted by molar-refractivity contribution is 6.51. The van der Waals surface area contributed by atoms with Crippen molar-refractivity contribution in [3.8, 4) is 0 Å². The predicted octanol–water partition coefficient (Wildman–Crippen LogP) is 3.42. The Morgan fingerprint density at radius 2 is 1.37 bits per heavy atom. The second-order valence-electron chi connectivity index (χ2n) is 7.62. The summed E-state index contributed by atoms with van der Waals surface area (Å²) in [6, 6.07) is 15.7. The molecule has 2 aromatic heterocycles. The zero-order valence-corrected chi connectivity index (χ0v) is 16.6. The van der Waals surface area contributed by atoms with Crippen molar-refractivity contribution >= 4 is 44.8 Å². The topological polar surface area (TPSA) is 104 Å². The summed E-state index contributed by atoms with van der Waals surface area (Å²) in [5.74, 6) is -0.726. The lowest BCUT2D eigenvalue weighted by Crippen LogP contribution is -2.23. The van der Waals surface area contributed by atoms with E-state index in [-0.39, 0.29) is 11.8 Å². The third-order valence-electron chi connectivity index (χ3n) is 5.74. The first-order valence-electron chi connectivity index (χ1n) is 10.1. The van der Waals surface area contributed by atoms with Crippen molar-refractivity contribution in [3.05, 3.63) is 71.0 Å². The third kappa shape index (κ3) is 2.69. The minimum Gasteiger partial charge on any atom is -0.358 e. The van der Waals surface area contributed by atoms with Crippen LogP contribution in [-0.2, 0) is 16.0 Å². The first-order chi connectivity index (χ1) is 14.6. The Morgan fingerprint density at radius 3 is 2.03 bits per heavy atom. The molecule has 30 heavy (non-hydrogen) atoms. The number of amides is 2. The van der Waals surface area contributed by atoms with Crippen molar-refractivity contribution in [2.75, 3.05) is 6.54 Å². The van der Waals surface area contributed by atoms with Crippen molar-refractivity contribution < 1.29 is 9.59 Å². The Kier molecular flexibility index (Phi) is 4.29. The van der Waals surface area contributed by atoms with Gasteiger partial charge in [0.2, 0.25) is 0 Å². The predicted molar refractivity (Wildman–Crippen MR) is 119 cm³/mol. The van der Waals surface area contributed by atoms with Crippen LogP contribution < -0.4 is 11.1 Å². The molecule has 2 amide bonds. The quantitative estimate of drug-likeness (QED) is 0.387. The molecule has 0 atom stereocenters. The molecule has 5 rings (SSSR count). The number of carbonyl (C=O) groups excluding carboxylic acids is 2. The minimum atomic E-state index is -0.363. The number of hydrogen-bond donors (Lipinski definition) is 4. The van der Waals surface area contributed by atoms with Crippen molar-refractivity contribution in [1.29, 1.82) is 0 Å². The fourth-order valence-corrected chi connectivity index (χ4v) is 4.48. The van der Waals surface area contributed by atoms with Crippen LogP contribution in [0.4, 0.5) is 0 Å². The lowest BCUT2D eigenvalue weighted by Gasteiger charge is -2.08. The molecule has 0 fully saturated rings. The number of aromatic amines is 2. The van der Waals surface area contributed by atoms with E-state index in [1.54, 1.807) is 0 Å². The highest BCUT2D eigenvalue weighted by Gasteiger charge is 2.36. The molecule has 4 aromatic rings. The third-order valence-corrected chi connectivity index (χ3v) is 5.74. The average molecular weight is 398 g/mol. The normalized spacial score (nSPS) is 14.3. The van der Waals surface area contributed by atoms with Gasteiger partial charge >= 0.3 is 0 Å². The second kappa shape index (κ2) is 7.00. The Bertz CT molecular complexity index is 1360. The summed E-state index contributed by atoms with van der Waals surface area (Å²) in [4.78, 5) is 32.9. The van der Waals surface area contributed by atoms with E-state index >= 15 is 0 Å². The maximum Gasteiger partial charge on any atom is 0.259 e. The molecule has 3 heterocycles. The number of H-pyrrole nitrogens is 2. The first-order valence-corrected chi connectivity index (χ1v) is 10.1. The summed E-state index contributed by atoms with van der Waals surface area (Å²) < 4.78 is 0. The fraction of sp³-hybridized carbons (Fsp3) is 0.167. The number of carbonyl (C=O) groups is 2. The standard InChI is InChI=1S/C24H22N4O2/c1-13-19(14-7-2-4-9-16(14)26-13)21-22(24(30)28-23(21)29)20-15-8-3-5-10-17(15)27-18(20)11-6-12-25/h2-5,7-10,26-27H,6,11-12,25H2,1H3,(H,28,29,30). The molecule has 1 aliphatic rings. The molecule has 2 aromatic carbocycles. The molecule has 0 spiro atoms. The first kappa shape index (κ1) is 18.4. The Morgan fingerprint density at radius 1 is 0.800 bits per heavy atom. The number of rotatable bonds is 5. The Hall–Kier alpha value is -3.64. The van der Waals surface area contributed by atoms with Gasteiger partial charge in [0.05, 0.1) is 11.1 Å². The van der Waals surface area contributed by atoms with E-state index in [0.717, 1.165) is 50.7 Å². The van der Waals surface area contributed by atoms with E-state index in [0.29, 0.717) is 24.1 Å². The summed E-state index contributed by atoms with van der Waals surface area (Å²) >= 11 is 0. The second-order valence-corrected chi connectivity index (χ2v) is 7.62. The number of aryl methyl sites for hydroxylation is 2. The van der Waals surface area contributed by atoms with Gasteiger partial charge in [0.15, 0.2) is 0 Å². The van der Waals surface area contributed by atoms with Crippen LogP contribution in [0, 0.1) is 6.92 Å². The smallest absolute Gasteiger partial charge is 0.259 e. The van der Waals surface area contributed by atoms with Crippen LogP contribution in [0.15, 0.2) is 48.5 Å². The van der Waals surface area contributed by atoms with Gasteiger partial charge in [-0.3, -0.25) is 14.9 Å². The van der Waals surface area contributed by atoms with E-state index in [1.807, 2.05) is 55.5 Å². The fourth-order valence-electron chi connectivity index (χ4n) is 4.48. The summed E-state index contributed by atoms with van der Waals surface area (Å²) in [6.07, 6.45) is 1.48. The van der Waals surface area contributed by atoms with E-state index < -0.39 is 0 Å². The number of hydrogen-bond acceptors (Lipinski definition) is 3. The largest absolute Gasteiger partial charge is 0.358 e.